The summed E-state index contributed by atoms with van der Waals surface area (Å²) in [6.07, 6.45) is 5.35. The number of anilines is 3. The highest BCUT2D eigenvalue weighted by molar-refractivity contribution is 7.93. The number of aromatic nitrogens is 3. The van der Waals surface area contributed by atoms with Gasteiger partial charge in [-0.1, -0.05) is 17.4 Å². The van der Waals surface area contributed by atoms with E-state index in [0.29, 0.717) is 29.1 Å². The molecular weight excluding hydrogens is 448 g/mol. The van der Waals surface area contributed by atoms with Crippen LogP contribution in [0.3, 0.4) is 0 Å². The average molecular weight is 475 g/mol. The Morgan fingerprint density at radius 3 is 2.75 bits per heavy atom. The van der Waals surface area contributed by atoms with Crippen LogP contribution >= 0.6 is 11.3 Å². The number of nitrogens with one attached hydrogen (secondary N) is 2. The van der Waals surface area contributed by atoms with Gasteiger partial charge in [0.15, 0.2) is 5.13 Å². The van der Waals surface area contributed by atoms with Gasteiger partial charge in [0.25, 0.3) is 0 Å². The minimum atomic E-state index is -3.69. The number of hydrogen-bond acceptors (Lipinski definition) is 10. The van der Waals surface area contributed by atoms with Crippen LogP contribution in [0.25, 0.3) is 0 Å². The maximum absolute atomic E-state index is 13.0. The molecule has 0 saturated carbocycles. The van der Waals surface area contributed by atoms with Crippen LogP contribution in [-0.4, -0.2) is 61.1 Å². The van der Waals surface area contributed by atoms with E-state index in [1.54, 1.807) is 24.3 Å². The molecule has 3 heterocycles. The average Bonchev–Trinajstić information content (AvgIpc) is 3.47. The summed E-state index contributed by atoms with van der Waals surface area (Å²) in [5.74, 6) is 1.77. The molecule has 0 unspecified atom stereocenters. The van der Waals surface area contributed by atoms with Crippen LogP contribution in [0.15, 0.2) is 52.0 Å². The van der Waals surface area contributed by atoms with Crippen LogP contribution in [0.2, 0.25) is 0 Å². The molecule has 1 aliphatic heterocycles. The molecule has 0 bridgehead atoms. The van der Waals surface area contributed by atoms with Gasteiger partial charge in [0, 0.05) is 19.2 Å². The summed E-state index contributed by atoms with van der Waals surface area (Å²) in [7, 11) is -3.69. The molecule has 0 atom stereocenters. The van der Waals surface area contributed by atoms with Crippen molar-refractivity contribution in [1.82, 2.24) is 19.9 Å². The summed E-state index contributed by atoms with van der Waals surface area (Å²) in [5, 5.41) is 6.81. The summed E-state index contributed by atoms with van der Waals surface area (Å²) in [5.41, 5.74) is 0. The van der Waals surface area contributed by atoms with Crippen molar-refractivity contribution < 1.29 is 13.2 Å². The predicted octanol–water partition coefficient (Wildman–Crippen LogP) is 3.42. The van der Waals surface area contributed by atoms with E-state index in [-0.39, 0.29) is 9.10 Å². The first-order valence-corrected chi connectivity index (χ1v) is 12.8. The van der Waals surface area contributed by atoms with Gasteiger partial charge < -0.3 is 20.3 Å². The lowest BCUT2D eigenvalue weighted by Gasteiger charge is -2.15. The molecule has 1 fully saturated rings. The van der Waals surface area contributed by atoms with Crippen molar-refractivity contribution in [3.8, 4) is 5.75 Å². The number of ether oxygens (including phenoxy) is 1. The molecule has 0 spiro atoms. The van der Waals surface area contributed by atoms with Gasteiger partial charge in [-0.3, -0.25) is 0 Å². The third kappa shape index (κ3) is 5.53. The fourth-order valence-electron chi connectivity index (χ4n) is 3.44. The zero-order valence-corrected chi connectivity index (χ0v) is 19.5. The van der Waals surface area contributed by atoms with Crippen LogP contribution in [0.4, 0.5) is 16.8 Å². The normalized spacial score (nSPS) is 14.4. The van der Waals surface area contributed by atoms with E-state index in [0.717, 1.165) is 37.5 Å². The monoisotopic (exact) mass is 474 g/mol. The molecular formula is C21H26N6O3S2. The molecule has 1 aromatic carbocycles. The Labute approximate surface area is 191 Å². The Bertz CT molecular complexity index is 1150. The number of thiazole rings is 1. The highest BCUT2D eigenvalue weighted by atomic mass is 32.2. The number of nitrogens with zero attached hydrogens (tertiary/aromatic N) is 4. The lowest BCUT2D eigenvalue weighted by molar-refractivity contribution is 0.339. The minimum absolute atomic E-state index is 0.145. The van der Waals surface area contributed by atoms with Crippen LogP contribution in [0.5, 0.6) is 5.75 Å². The molecule has 2 N–H and O–H groups in total. The van der Waals surface area contributed by atoms with Gasteiger partial charge in [0.1, 0.15) is 27.9 Å². The molecule has 4 rings (SSSR count). The zero-order valence-electron chi connectivity index (χ0n) is 17.8. The van der Waals surface area contributed by atoms with Crippen LogP contribution in [-0.2, 0) is 9.84 Å². The topological polar surface area (TPSA) is 109 Å². The first-order valence-electron chi connectivity index (χ1n) is 10.5. The second-order valence-corrected chi connectivity index (χ2v) is 10.5. The second-order valence-electron chi connectivity index (χ2n) is 7.28. The SMILES string of the molecule is CCOc1cccc(S(=O)(=O)c2cnc(Nc3cc(NCCN4CCCC4)ncn3)s2)c1. The van der Waals surface area contributed by atoms with E-state index in [4.69, 9.17) is 4.74 Å². The van der Waals surface area contributed by atoms with Crippen molar-refractivity contribution in [3.63, 3.8) is 0 Å². The summed E-state index contributed by atoms with van der Waals surface area (Å²) < 4.78 is 31.5. The molecule has 0 aliphatic carbocycles. The van der Waals surface area contributed by atoms with Crippen LogP contribution < -0.4 is 15.4 Å². The molecule has 32 heavy (non-hydrogen) atoms. The van der Waals surface area contributed by atoms with Gasteiger partial charge >= 0.3 is 0 Å². The standard InChI is InChI=1S/C21H26N6O3S2/c1-2-30-16-6-5-7-17(12-16)32(28,29)20-14-23-21(31-20)26-19-13-18(24-15-25-19)22-8-11-27-9-3-4-10-27/h5-7,12-15H,2-4,8-11H2,1H3,(H2,22,23,24,25,26). The van der Waals surface area contributed by atoms with Crippen molar-refractivity contribution in [2.24, 2.45) is 0 Å². The molecule has 3 aromatic rings. The number of sulfone groups is 1. The van der Waals surface area contributed by atoms with Gasteiger partial charge in [-0.05, 0) is 51.1 Å². The lowest BCUT2D eigenvalue weighted by atomic mass is 10.3. The molecule has 11 heteroatoms. The zero-order chi connectivity index (χ0) is 22.4. The van der Waals surface area contributed by atoms with E-state index < -0.39 is 9.84 Å². The van der Waals surface area contributed by atoms with E-state index >= 15 is 0 Å². The third-order valence-electron chi connectivity index (χ3n) is 5.01. The van der Waals surface area contributed by atoms with Gasteiger partial charge in [-0.2, -0.15) is 0 Å². The highest BCUT2D eigenvalue weighted by Crippen LogP contribution is 2.31. The Hall–Kier alpha value is -2.76. The molecule has 0 radical (unpaired) electrons. The Morgan fingerprint density at radius 2 is 1.94 bits per heavy atom. The molecule has 9 nitrogen and oxygen atoms in total. The fraction of sp³-hybridized carbons (Fsp3) is 0.381. The molecule has 1 saturated heterocycles. The number of hydrogen-bond donors (Lipinski definition) is 2. The Kier molecular flexibility index (Phi) is 7.18. The second kappa shape index (κ2) is 10.2. The van der Waals surface area contributed by atoms with Gasteiger partial charge in [0.05, 0.1) is 17.7 Å². The van der Waals surface area contributed by atoms with E-state index in [2.05, 4.69) is 30.5 Å². The Balaban J connectivity index is 1.41. The summed E-state index contributed by atoms with van der Waals surface area (Å²) in [6, 6.07) is 8.25. The van der Waals surface area contributed by atoms with Gasteiger partial charge in [0.2, 0.25) is 9.84 Å². The largest absolute Gasteiger partial charge is 0.494 e. The van der Waals surface area contributed by atoms with E-state index in [1.807, 2.05) is 6.92 Å². The number of likely N-dealkylation sites (tertiary alicyclic amines) is 1. The quantitative estimate of drug-likeness (QED) is 0.457. The van der Waals surface area contributed by atoms with E-state index in [1.165, 1.54) is 31.4 Å². The number of rotatable bonds is 10. The highest BCUT2D eigenvalue weighted by Gasteiger charge is 2.22. The Morgan fingerprint density at radius 1 is 1.12 bits per heavy atom. The van der Waals surface area contributed by atoms with Gasteiger partial charge in [-0.15, -0.1) is 0 Å². The van der Waals surface area contributed by atoms with E-state index in [9.17, 15) is 8.42 Å². The maximum atomic E-state index is 13.0. The number of benzene rings is 1. The molecule has 2 aromatic heterocycles. The van der Waals surface area contributed by atoms with Crippen molar-refractivity contribution in [2.45, 2.75) is 28.9 Å². The minimum Gasteiger partial charge on any atom is -0.494 e. The van der Waals surface area contributed by atoms with Crippen molar-refractivity contribution in [1.29, 1.82) is 0 Å². The molecule has 0 amide bonds. The van der Waals surface area contributed by atoms with Crippen molar-refractivity contribution in [2.75, 3.05) is 43.4 Å². The lowest BCUT2D eigenvalue weighted by Crippen LogP contribution is -2.26. The van der Waals surface area contributed by atoms with Gasteiger partial charge in [-0.25, -0.2) is 23.4 Å². The van der Waals surface area contributed by atoms with Crippen molar-refractivity contribution >= 4 is 37.9 Å². The molecule has 170 valence electrons. The predicted molar refractivity (Wildman–Crippen MR) is 125 cm³/mol. The summed E-state index contributed by atoms with van der Waals surface area (Å²) in [6.45, 7) is 6.41. The first kappa shape index (κ1) is 22.4. The smallest absolute Gasteiger partial charge is 0.217 e. The van der Waals surface area contributed by atoms with Crippen LogP contribution in [0.1, 0.15) is 19.8 Å². The maximum Gasteiger partial charge on any atom is 0.217 e. The summed E-state index contributed by atoms with van der Waals surface area (Å²) in [4.78, 5) is 15.3. The fourth-order valence-corrected chi connectivity index (χ4v) is 5.91. The van der Waals surface area contributed by atoms with Crippen LogP contribution in [0, 0.1) is 0 Å². The summed E-state index contributed by atoms with van der Waals surface area (Å²) >= 11 is 1.05. The third-order valence-corrected chi connectivity index (χ3v) is 8.14. The first-order chi connectivity index (χ1) is 15.5. The molecule has 1 aliphatic rings. The van der Waals surface area contributed by atoms with Crippen molar-refractivity contribution in [3.05, 3.63) is 42.9 Å².